The topological polar surface area (TPSA) is 138 Å². The van der Waals surface area contributed by atoms with E-state index in [0.717, 1.165) is 0 Å². The van der Waals surface area contributed by atoms with Crippen LogP contribution in [0, 0.1) is 0 Å². The Bertz CT molecular complexity index is 31.3. The number of hydrogen-bond donors (Lipinski definition) is 0. The monoisotopic (exact) mass is 307 g/mol. The molecule has 0 amide bonds. The molecule has 11 heavy (non-hydrogen) atoms. The normalized spacial score (nSPS) is 4.91. The Balaban J connectivity index is -0.0000000171. The Hall–Kier alpha value is 1.45. The Morgan fingerprint density at radius 3 is 0.455 bits per heavy atom. The van der Waals surface area contributed by atoms with E-state index in [1.54, 1.807) is 0 Å². The molecule has 0 unspecified atom stereocenters. The molecule has 0 saturated heterocycles. The summed E-state index contributed by atoms with van der Waals surface area (Å²) < 4.78 is 0. The van der Waals surface area contributed by atoms with E-state index in [1.165, 1.54) is 0 Å². The van der Waals surface area contributed by atoms with E-state index in [2.05, 4.69) is 0 Å². The van der Waals surface area contributed by atoms with Gasteiger partial charge < -0.3 is 30.1 Å². The van der Waals surface area contributed by atoms with Crippen molar-refractivity contribution < 1.29 is 81.4 Å². The first-order chi connectivity index (χ1) is 3.46. The van der Waals surface area contributed by atoms with Gasteiger partial charge in [-0.1, -0.05) is 0 Å². The second-order valence-corrected chi connectivity index (χ2v) is 0.577. The standard InChI is InChI=1S/2BO3.3Cu/c2*2-1(3)4;;;/q2*-3;3*+2. The van der Waals surface area contributed by atoms with Gasteiger partial charge in [0.25, 0.3) is 0 Å². The molecule has 6 nitrogen and oxygen atoms in total. The molecule has 0 saturated carbocycles. The summed E-state index contributed by atoms with van der Waals surface area (Å²) in [5, 5.41) is 50.5. The van der Waals surface area contributed by atoms with E-state index in [4.69, 9.17) is 30.1 Å². The van der Waals surface area contributed by atoms with E-state index in [-0.39, 0.29) is 51.2 Å². The van der Waals surface area contributed by atoms with Gasteiger partial charge in [-0.15, -0.1) is 0 Å². The van der Waals surface area contributed by atoms with Gasteiger partial charge in [0, 0.05) is 0 Å². The van der Waals surface area contributed by atoms with Crippen LogP contribution in [0.15, 0.2) is 0 Å². The SMILES string of the molecule is [Cu+2].[Cu+2].[Cu+2].[O-]B([O-])[O-].[O-]B([O-])[O-]. The van der Waals surface area contributed by atoms with E-state index >= 15 is 0 Å². The predicted molar refractivity (Wildman–Crippen MR) is 11.5 cm³/mol. The Morgan fingerprint density at radius 2 is 0.455 bits per heavy atom. The summed E-state index contributed by atoms with van der Waals surface area (Å²) in [4.78, 5) is 0. The van der Waals surface area contributed by atoms with Crippen molar-refractivity contribution in [2.75, 3.05) is 0 Å². The van der Waals surface area contributed by atoms with Crippen molar-refractivity contribution in [2.24, 2.45) is 0 Å². The predicted octanol–water partition coefficient (Wildman–Crippen LogP) is -7.90. The fraction of sp³-hybridized carbons (Fsp3) is 0. The van der Waals surface area contributed by atoms with Crippen LogP contribution in [0.4, 0.5) is 0 Å². The Labute approximate surface area is 95.8 Å². The largest absolute Gasteiger partial charge is 2.00 e. The maximum atomic E-state index is 8.42. The molecular formula is B2Cu3O6. The minimum absolute atomic E-state index is 0. The molecule has 0 spiro atoms. The van der Waals surface area contributed by atoms with Gasteiger partial charge >= 0.3 is 51.2 Å². The molecule has 0 aliphatic carbocycles. The van der Waals surface area contributed by atoms with Gasteiger partial charge in [-0.05, 0) is 0 Å². The molecule has 75 valence electrons. The van der Waals surface area contributed by atoms with Gasteiger partial charge in [-0.3, -0.25) is 14.6 Å². The first-order valence-electron chi connectivity index (χ1n) is 1.41. The van der Waals surface area contributed by atoms with E-state index in [9.17, 15) is 0 Å². The van der Waals surface area contributed by atoms with Crippen LogP contribution in [0.1, 0.15) is 0 Å². The summed E-state index contributed by atoms with van der Waals surface area (Å²) in [5.74, 6) is 0. The average Bonchev–Trinajstić information content (AvgIpc) is 1.25. The van der Waals surface area contributed by atoms with Crippen LogP contribution >= 0.6 is 0 Å². The Morgan fingerprint density at radius 1 is 0.455 bits per heavy atom. The van der Waals surface area contributed by atoms with Crippen molar-refractivity contribution >= 4 is 14.6 Å². The molecular weight excluding hydrogens is 308 g/mol. The minimum atomic E-state index is -2.92. The molecule has 0 bridgehead atoms. The second kappa shape index (κ2) is 22.5. The fourth-order valence-electron chi connectivity index (χ4n) is 0. The van der Waals surface area contributed by atoms with Gasteiger partial charge in [0.1, 0.15) is 0 Å². The van der Waals surface area contributed by atoms with Gasteiger partial charge in [0.05, 0.1) is 0 Å². The second-order valence-electron chi connectivity index (χ2n) is 0.577. The average molecular weight is 308 g/mol. The van der Waals surface area contributed by atoms with Crippen LogP contribution in [0.5, 0.6) is 0 Å². The maximum Gasteiger partial charge on any atom is 2.00 e. The summed E-state index contributed by atoms with van der Waals surface area (Å²) in [5.41, 5.74) is 0. The molecule has 0 atom stereocenters. The first kappa shape index (κ1) is 29.4. The third-order valence-electron chi connectivity index (χ3n) is 0. The zero-order valence-electron chi connectivity index (χ0n) is 4.51. The van der Waals surface area contributed by atoms with Gasteiger partial charge in [-0.2, -0.15) is 0 Å². The molecule has 0 heterocycles. The van der Waals surface area contributed by atoms with Crippen LogP contribution < -0.4 is 30.1 Å². The van der Waals surface area contributed by atoms with Crippen molar-refractivity contribution in [2.45, 2.75) is 0 Å². The molecule has 0 fully saturated rings. The quantitative estimate of drug-likeness (QED) is 0.407. The zero-order chi connectivity index (χ0) is 7.15. The van der Waals surface area contributed by atoms with Gasteiger partial charge in [-0.25, -0.2) is 0 Å². The van der Waals surface area contributed by atoms with Crippen molar-refractivity contribution in [3.63, 3.8) is 0 Å². The molecule has 0 aliphatic rings. The van der Waals surface area contributed by atoms with E-state index in [0.29, 0.717) is 0 Å². The van der Waals surface area contributed by atoms with Gasteiger partial charge in [0.2, 0.25) is 0 Å². The van der Waals surface area contributed by atoms with Crippen LogP contribution in [-0.4, -0.2) is 14.6 Å². The van der Waals surface area contributed by atoms with Crippen LogP contribution in [0.25, 0.3) is 0 Å². The minimum Gasteiger partial charge on any atom is -0.907 e. The molecule has 0 aromatic heterocycles. The summed E-state index contributed by atoms with van der Waals surface area (Å²) in [6.45, 7) is 0. The Kier molecular flexibility index (Phi) is 60.2. The molecule has 0 aromatic rings. The zero-order valence-corrected chi connectivity index (χ0v) is 7.33. The summed E-state index contributed by atoms with van der Waals surface area (Å²) in [6, 6.07) is 0. The molecule has 11 heteroatoms. The summed E-state index contributed by atoms with van der Waals surface area (Å²) in [6.07, 6.45) is 0. The number of rotatable bonds is 0. The molecule has 0 N–H and O–H groups in total. The first-order valence-corrected chi connectivity index (χ1v) is 1.41. The molecule has 3 radical (unpaired) electrons. The van der Waals surface area contributed by atoms with E-state index in [1.807, 2.05) is 0 Å². The molecule has 0 aromatic carbocycles. The smallest absolute Gasteiger partial charge is 0.907 e. The third-order valence-corrected chi connectivity index (χ3v) is 0. The third kappa shape index (κ3) is 487. The molecule has 0 aliphatic heterocycles. The van der Waals surface area contributed by atoms with Crippen LogP contribution in [-0.2, 0) is 51.2 Å². The van der Waals surface area contributed by atoms with Crippen molar-refractivity contribution in [3.8, 4) is 0 Å². The molecule has 0 rings (SSSR count). The van der Waals surface area contributed by atoms with E-state index < -0.39 is 14.6 Å². The summed E-state index contributed by atoms with van der Waals surface area (Å²) in [7, 11) is -5.83. The van der Waals surface area contributed by atoms with Crippen molar-refractivity contribution in [3.05, 3.63) is 0 Å². The maximum absolute atomic E-state index is 8.42. The summed E-state index contributed by atoms with van der Waals surface area (Å²) >= 11 is 0. The van der Waals surface area contributed by atoms with Gasteiger partial charge in [0.15, 0.2) is 0 Å². The fourth-order valence-corrected chi connectivity index (χ4v) is 0. The van der Waals surface area contributed by atoms with Crippen LogP contribution in [0.3, 0.4) is 0 Å². The number of hydrogen-bond acceptors (Lipinski definition) is 6. The van der Waals surface area contributed by atoms with Crippen molar-refractivity contribution in [1.82, 2.24) is 0 Å². The van der Waals surface area contributed by atoms with Crippen LogP contribution in [0.2, 0.25) is 0 Å². The van der Waals surface area contributed by atoms with Crippen molar-refractivity contribution in [1.29, 1.82) is 0 Å².